The highest BCUT2D eigenvalue weighted by molar-refractivity contribution is 6.11. The van der Waals surface area contributed by atoms with E-state index in [1.165, 1.54) is 54.6 Å². The molecule has 4 aromatic carbocycles. The minimum Gasteiger partial charge on any atom is -0.508 e. The van der Waals surface area contributed by atoms with Crippen molar-refractivity contribution in [2.45, 2.75) is 6.54 Å². The van der Waals surface area contributed by atoms with Crippen molar-refractivity contribution >= 4 is 51.4 Å². The van der Waals surface area contributed by atoms with Gasteiger partial charge >= 0.3 is 17.9 Å². The first-order valence-electron chi connectivity index (χ1n) is 18.3. The Kier molecular flexibility index (Phi) is 9.60. The van der Waals surface area contributed by atoms with Crippen LogP contribution in [0.5, 0.6) is 5.75 Å². The molecule has 0 saturated carbocycles. The summed E-state index contributed by atoms with van der Waals surface area (Å²) in [5.41, 5.74) is 2.31. The van der Waals surface area contributed by atoms with Crippen LogP contribution in [0.2, 0.25) is 0 Å². The van der Waals surface area contributed by atoms with Crippen LogP contribution in [0.4, 0.5) is 5.69 Å². The van der Waals surface area contributed by atoms with E-state index in [0.29, 0.717) is 44.2 Å². The van der Waals surface area contributed by atoms with Crippen LogP contribution < -0.4 is 21.0 Å². The molecule has 298 valence electrons. The maximum atomic E-state index is 13.8. The fourth-order valence-electron chi connectivity index (χ4n) is 7.44. The van der Waals surface area contributed by atoms with Gasteiger partial charge in [-0.1, -0.05) is 12.1 Å². The van der Waals surface area contributed by atoms with Gasteiger partial charge in [0.2, 0.25) is 0 Å². The summed E-state index contributed by atoms with van der Waals surface area (Å²) in [4.78, 5) is 70.6. The Bertz CT molecular complexity index is 3200. The van der Waals surface area contributed by atoms with E-state index in [9.17, 15) is 44.4 Å². The lowest BCUT2D eigenvalue weighted by atomic mass is 9.88. The van der Waals surface area contributed by atoms with Crippen LogP contribution >= 0.6 is 0 Å². The predicted molar refractivity (Wildman–Crippen MR) is 222 cm³/mol. The molecule has 0 bridgehead atoms. The highest BCUT2D eigenvalue weighted by Gasteiger charge is 2.27. The Balaban J connectivity index is 1.21. The van der Waals surface area contributed by atoms with E-state index in [4.69, 9.17) is 8.83 Å². The first-order chi connectivity index (χ1) is 28.7. The van der Waals surface area contributed by atoms with Crippen molar-refractivity contribution in [2.24, 2.45) is 4.99 Å². The molecule has 5 N–H and O–H groups in total. The largest absolute Gasteiger partial charge is 0.508 e. The number of carbonyl (C=O) groups is 4. The molecule has 0 saturated heterocycles. The molecular formula is C46H33N3O11. The molecule has 4 aromatic rings. The van der Waals surface area contributed by atoms with Gasteiger partial charge in [0.15, 0.2) is 5.43 Å². The number of nitrogens with zero attached hydrogens (tertiary/aromatic N) is 2. The molecule has 14 nitrogen and oxygen atoms in total. The zero-order chi connectivity index (χ0) is 42.6. The van der Waals surface area contributed by atoms with Crippen molar-refractivity contribution in [1.82, 2.24) is 5.32 Å². The summed E-state index contributed by atoms with van der Waals surface area (Å²) < 4.78 is 12.5. The van der Waals surface area contributed by atoms with Gasteiger partial charge in [-0.15, -0.1) is 0 Å². The molecule has 4 aliphatic rings. The lowest BCUT2D eigenvalue weighted by Gasteiger charge is -2.20. The standard InChI is InChI=1S/C46H33N3O11/c1-47-24-6-11-29-37(18-24)59-38-19-25(49(2)3)7-12-30(38)40(29)27-9-4-22(16-33(27)45(55)56)43(52)48-21-35-36(51)15-14-32-41(31-13-8-26(50)20-39(31)60-42(32)35)28-10-5-23(44(53)54)17-34(28)46(57)58/h4-20,50H,21H2,1-3H3,(H,48,52)(H,53,54)(H,55,56)(H,57,58)/b47-24-. The van der Waals surface area contributed by atoms with Crippen molar-refractivity contribution in [2.75, 3.05) is 26.0 Å². The number of amides is 1. The van der Waals surface area contributed by atoms with Gasteiger partial charge in [-0.25, -0.2) is 14.4 Å². The van der Waals surface area contributed by atoms with Gasteiger partial charge in [0.05, 0.1) is 34.2 Å². The predicted octanol–water partition coefficient (Wildman–Crippen LogP) is 7.41. The fraction of sp³-hybridized carbons (Fsp3) is 0.0870. The van der Waals surface area contributed by atoms with Gasteiger partial charge in [0.25, 0.3) is 5.91 Å². The number of phenols is 1. The van der Waals surface area contributed by atoms with Crippen LogP contribution in [-0.2, 0) is 6.54 Å². The van der Waals surface area contributed by atoms with Crippen molar-refractivity contribution in [3.8, 4) is 50.7 Å². The van der Waals surface area contributed by atoms with Crippen LogP contribution in [0.25, 0.3) is 66.8 Å². The van der Waals surface area contributed by atoms with Gasteiger partial charge in [0.1, 0.15) is 28.4 Å². The van der Waals surface area contributed by atoms with Gasteiger partial charge in [-0.3, -0.25) is 14.6 Å². The number of anilines is 1. The van der Waals surface area contributed by atoms with Crippen LogP contribution in [-0.4, -0.2) is 65.4 Å². The molecule has 2 heterocycles. The summed E-state index contributed by atoms with van der Waals surface area (Å²) in [6, 6.07) is 25.7. The third-order valence-electron chi connectivity index (χ3n) is 10.4. The summed E-state index contributed by atoms with van der Waals surface area (Å²) in [7, 11) is 5.43. The molecule has 0 atom stereocenters. The molecule has 0 fully saturated rings. The number of carboxylic acid groups (broad SMARTS) is 3. The second-order valence-corrected chi connectivity index (χ2v) is 14.2. The van der Waals surface area contributed by atoms with Crippen LogP contribution in [0.3, 0.4) is 0 Å². The van der Waals surface area contributed by atoms with Gasteiger partial charge in [-0.2, -0.15) is 0 Å². The van der Waals surface area contributed by atoms with E-state index in [1.54, 1.807) is 31.3 Å². The number of aromatic hydroxyl groups is 1. The number of aromatic carboxylic acids is 3. The maximum absolute atomic E-state index is 13.8. The number of fused-ring (bicyclic) bond motifs is 4. The number of phenolic OH excluding ortho intramolecular Hbond substituents is 1. The summed E-state index contributed by atoms with van der Waals surface area (Å²) in [5.74, 6) is -4.47. The van der Waals surface area contributed by atoms with Crippen LogP contribution in [0, 0.1) is 0 Å². The average molecular weight is 804 g/mol. The average Bonchev–Trinajstić information content (AvgIpc) is 3.23. The summed E-state index contributed by atoms with van der Waals surface area (Å²) in [6.45, 7) is -0.398. The number of carbonyl (C=O) groups excluding carboxylic acids is 1. The second-order valence-electron chi connectivity index (χ2n) is 14.2. The van der Waals surface area contributed by atoms with E-state index < -0.39 is 35.8 Å². The van der Waals surface area contributed by atoms with E-state index in [-0.39, 0.29) is 61.6 Å². The Labute approximate surface area is 339 Å². The number of benzene rings is 6. The lowest BCUT2D eigenvalue weighted by molar-refractivity contribution is 0.0682. The normalized spacial score (nSPS) is 11.7. The molecule has 60 heavy (non-hydrogen) atoms. The SMILES string of the molecule is C/N=c1/ccc2c(-c3ccc(C(=O)NCc4c5oc6cc(O)ccc6c(-c6ccc(C(=O)O)cc6C(=O)O)c-5ccc4=O)cc3C(=O)O)c3ccc(N(C)C)cc3oc-2c1. The van der Waals surface area contributed by atoms with Crippen molar-refractivity contribution in [3.05, 3.63) is 147 Å². The van der Waals surface area contributed by atoms with Crippen molar-refractivity contribution in [3.63, 3.8) is 0 Å². The Morgan fingerprint density at radius 3 is 1.90 bits per heavy atom. The monoisotopic (exact) mass is 803 g/mol. The summed E-state index contributed by atoms with van der Waals surface area (Å²) in [5, 5.41) is 45.0. The minimum atomic E-state index is -1.41. The summed E-state index contributed by atoms with van der Waals surface area (Å²) in [6.07, 6.45) is 0. The summed E-state index contributed by atoms with van der Waals surface area (Å²) >= 11 is 0. The van der Waals surface area contributed by atoms with E-state index >= 15 is 0 Å². The number of carboxylic acids is 3. The Morgan fingerprint density at radius 1 is 0.650 bits per heavy atom. The number of hydrogen-bond acceptors (Lipinski definition) is 10. The number of rotatable bonds is 9. The van der Waals surface area contributed by atoms with Gasteiger partial charge in [0, 0.05) is 83.6 Å². The second kappa shape index (κ2) is 14.9. The molecule has 0 radical (unpaired) electrons. The molecule has 0 aromatic heterocycles. The van der Waals surface area contributed by atoms with Crippen LogP contribution in [0.1, 0.15) is 47.0 Å². The van der Waals surface area contributed by atoms with Gasteiger partial charge in [-0.05, 0) is 83.9 Å². The fourth-order valence-corrected chi connectivity index (χ4v) is 7.44. The zero-order valence-electron chi connectivity index (χ0n) is 32.1. The topological polar surface area (TPSA) is 220 Å². The smallest absolute Gasteiger partial charge is 0.336 e. The van der Waals surface area contributed by atoms with Crippen LogP contribution in [0.15, 0.2) is 122 Å². The van der Waals surface area contributed by atoms with Gasteiger partial charge < -0.3 is 39.5 Å². The minimum absolute atomic E-state index is 0.0161. The first-order valence-corrected chi connectivity index (χ1v) is 18.3. The molecule has 2 aliphatic carbocycles. The number of nitrogens with one attached hydrogen (secondary N) is 1. The highest BCUT2D eigenvalue weighted by Crippen LogP contribution is 2.44. The highest BCUT2D eigenvalue weighted by atomic mass is 16.4. The molecule has 0 unspecified atom stereocenters. The van der Waals surface area contributed by atoms with E-state index in [1.807, 2.05) is 37.2 Å². The van der Waals surface area contributed by atoms with Crippen molar-refractivity contribution in [1.29, 1.82) is 0 Å². The molecular weight excluding hydrogens is 771 g/mol. The molecule has 1 amide bonds. The lowest BCUT2D eigenvalue weighted by Crippen LogP contribution is -2.27. The molecule has 0 spiro atoms. The Morgan fingerprint density at radius 2 is 1.25 bits per heavy atom. The van der Waals surface area contributed by atoms with E-state index in [0.717, 1.165) is 11.8 Å². The van der Waals surface area contributed by atoms with E-state index in [2.05, 4.69) is 10.3 Å². The Hall–Kier alpha value is -8.26. The third kappa shape index (κ3) is 6.71. The molecule has 2 aliphatic heterocycles. The first kappa shape index (κ1) is 38.6. The van der Waals surface area contributed by atoms with Crippen molar-refractivity contribution < 1.29 is 48.4 Å². The zero-order valence-corrected chi connectivity index (χ0v) is 32.1. The molecule has 14 heteroatoms. The molecule has 8 rings (SSSR count). The third-order valence-corrected chi connectivity index (χ3v) is 10.4. The quantitative estimate of drug-likeness (QED) is 0.0901. The number of hydrogen-bond donors (Lipinski definition) is 5. The maximum Gasteiger partial charge on any atom is 0.336 e.